The van der Waals surface area contributed by atoms with Gasteiger partial charge in [0.15, 0.2) is 0 Å². The van der Waals surface area contributed by atoms with Crippen LogP contribution >= 0.6 is 0 Å². The number of aliphatic hydroxyl groups excluding tert-OH is 3. The fourth-order valence-electron chi connectivity index (χ4n) is 1.48. The maximum Gasteiger partial charge on any atom is 0.212 e. The highest BCUT2D eigenvalue weighted by atomic mass is 16.8. The first-order valence-electron chi connectivity index (χ1n) is 8.75. The van der Waals surface area contributed by atoms with Gasteiger partial charge < -0.3 is 40.4 Å². The minimum atomic E-state index is -0.917. The predicted molar refractivity (Wildman–Crippen MR) is 99.9 cm³/mol. The van der Waals surface area contributed by atoms with Crippen LogP contribution in [0.25, 0.3) is 0 Å². The zero-order valence-electron chi connectivity index (χ0n) is 16.3. The van der Waals surface area contributed by atoms with Gasteiger partial charge in [0.05, 0.1) is 6.61 Å². The van der Waals surface area contributed by atoms with Gasteiger partial charge in [0.25, 0.3) is 0 Å². The van der Waals surface area contributed by atoms with Crippen molar-refractivity contribution in [2.24, 2.45) is 5.73 Å². The number of ether oxygens (including phenoxy) is 3. The Labute approximate surface area is 156 Å². The Morgan fingerprint density at radius 1 is 1.15 bits per heavy atom. The summed E-state index contributed by atoms with van der Waals surface area (Å²) in [6.45, 7) is 7.74. The molecule has 1 aliphatic heterocycles. The smallest absolute Gasteiger partial charge is 0.212 e. The summed E-state index contributed by atoms with van der Waals surface area (Å²) in [7, 11) is 1.50. The van der Waals surface area contributed by atoms with Gasteiger partial charge in [-0.2, -0.15) is 0 Å². The first-order chi connectivity index (χ1) is 12.5. The van der Waals surface area contributed by atoms with Crippen molar-refractivity contribution in [3.05, 3.63) is 24.3 Å². The average molecular weight is 377 g/mol. The molecule has 1 fully saturated rings. The molecule has 0 amide bonds. The number of nitrogens with two attached hydrogens (primary N) is 1. The lowest BCUT2D eigenvalue weighted by molar-refractivity contribution is -0.0837. The van der Waals surface area contributed by atoms with Gasteiger partial charge in [-0.3, -0.25) is 0 Å². The minimum Gasteiger partial charge on any atom is -0.508 e. The van der Waals surface area contributed by atoms with Crippen molar-refractivity contribution in [1.82, 2.24) is 0 Å². The second-order valence-electron chi connectivity index (χ2n) is 4.79. The van der Waals surface area contributed by atoms with Crippen molar-refractivity contribution in [2.75, 3.05) is 20.3 Å². The molecule has 0 bridgehead atoms. The lowest BCUT2D eigenvalue weighted by Gasteiger charge is -2.22. The fourth-order valence-corrected chi connectivity index (χ4v) is 1.48. The van der Waals surface area contributed by atoms with Gasteiger partial charge >= 0.3 is 0 Å². The Hall–Kier alpha value is -1.42. The van der Waals surface area contributed by atoms with Crippen molar-refractivity contribution < 1.29 is 34.6 Å². The zero-order chi connectivity index (χ0) is 20.5. The number of phenols is 1. The van der Waals surface area contributed by atoms with Gasteiger partial charge in [0, 0.05) is 6.61 Å². The summed E-state index contributed by atoms with van der Waals surface area (Å²) in [5.41, 5.74) is 4.50. The van der Waals surface area contributed by atoms with Crippen LogP contribution in [0.2, 0.25) is 0 Å². The van der Waals surface area contributed by atoms with E-state index in [0.717, 1.165) is 6.42 Å². The first-order valence-corrected chi connectivity index (χ1v) is 8.75. The SMILES string of the molecule is CC.CC(Oc1ccc(O)cc1)C(CO)OC1O[C@H]1O.CCCO.CN. The number of benzene rings is 1. The molecule has 1 saturated heterocycles. The van der Waals surface area contributed by atoms with E-state index >= 15 is 0 Å². The van der Waals surface area contributed by atoms with Gasteiger partial charge in [-0.15, -0.1) is 0 Å². The topological polar surface area (TPSA) is 138 Å². The van der Waals surface area contributed by atoms with E-state index in [1.54, 1.807) is 19.1 Å². The largest absolute Gasteiger partial charge is 0.508 e. The van der Waals surface area contributed by atoms with Crippen LogP contribution in [0.1, 0.15) is 34.1 Å². The molecule has 0 aliphatic carbocycles. The van der Waals surface area contributed by atoms with Gasteiger partial charge in [0.1, 0.15) is 23.7 Å². The highest BCUT2D eigenvalue weighted by molar-refractivity contribution is 5.30. The van der Waals surface area contributed by atoms with Crippen molar-refractivity contribution >= 4 is 0 Å². The van der Waals surface area contributed by atoms with E-state index in [4.69, 9.17) is 29.5 Å². The minimum absolute atomic E-state index is 0.152. The number of hydrogen-bond acceptors (Lipinski definition) is 8. The molecule has 0 aromatic heterocycles. The number of rotatable bonds is 7. The van der Waals surface area contributed by atoms with E-state index in [2.05, 4.69) is 5.73 Å². The lowest BCUT2D eigenvalue weighted by atomic mass is 10.2. The molecule has 8 heteroatoms. The summed E-state index contributed by atoms with van der Waals surface area (Å²) in [5.74, 6) is 0.707. The van der Waals surface area contributed by atoms with Crippen molar-refractivity contribution in [2.45, 2.75) is 58.9 Å². The molecule has 1 heterocycles. The lowest BCUT2D eigenvalue weighted by Crippen LogP contribution is -2.35. The number of epoxide rings is 1. The molecule has 154 valence electrons. The number of phenolic OH excluding ortho intramolecular Hbond substituents is 1. The second kappa shape index (κ2) is 17.0. The molecule has 26 heavy (non-hydrogen) atoms. The summed E-state index contributed by atoms with van der Waals surface area (Å²) >= 11 is 0. The summed E-state index contributed by atoms with van der Waals surface area (Å²) in [6.07, 6.45) is -1.75. The molecule has 1 aromatic rings. The van der Waals surface area contributed by atoms with Crippen molar-refractivity contribution in [3.63, 3.8) is 0 Å². The maximum atomic E-state index is 9.20. The Kier molecular flexibility index (Phi) is 17.5. The summed E-state index contributed by atoms with van der Waals surface area (Å²) in [5, 5.41) is 35.2. The van der Waals surface area contributed by atoms with Crippen molar-refractivity contribution in [3.8, 4) is 11.5 Å². The van der Waals surface area contributed by atoms with Gasteiger partial charge in [-0.1, -0.05) is 20.8 Å². The van der Waals surface area contributed by atoms with Crippen LogP contribution in [0, 0.1) is 0 Å². The van der Waals surface area contributed by atoms with Crippen molar-refractivity contribution in [1.29, 1.82) is 0 Å². The van der Waals surface area contributed by atoms with E-state index in [1.165, 1.54) is 19.2 Å². The number of aliphatic hydroxyl groups is 3. The quantitative estimate of drug-likeness (QED) is 0.447. The maximum absolute atomic E-state index is 9.20. The third-order valence-corrected chi connectivity index (χ3v) is 2.82. The van der Waals surface area contributed by atoms with E-state index in [0.29, 0.717) is 12.4 Å². The monoisotopic (exact) mass is 377 g/mol. The van der Waals surface area contributed by atoms with Gasteiger partial charge in [-0.05, 0) is 44.7 Å². The normalized spacial score (nSPS) is 19.3. The second-order valence-corrected chi connectivity index (χ2v) is 4.79. The van der Waals surface area contributed by atoms with Crippen LogP contribution in [-0.2, 0) is 9.47 Å². The molecule has 3 unspecified atom stereocenters. The van der Waals surface area contributed by atoms with Crippen LogP contribution in [0.15, 0.2) is 24.3 Å². The Morgan fingerprint density at radius 2 is 1.62 bits per heavy atom. The molecule has 1 aromatic carbocycles. The third-order valence-electron chi connectivity index (χ3n) is 2.82. The predicted octanol–water partition coefficient (Wildman–Crippen LogP) is 1.20. The molecule has 0 radical (unpaired) electrons. The zero-order valence-corrected chi connectivity index (χ0v) is 16.3. The Bertz CT molecular complexity index is 415. The molecule has 4 atom stereocenters. The molecule has 2 rings (SSSR count). The average Bonchev–Trinajstić information content (AvgIpc) is 3.39. The Balaban J connectivity index is 0. The fraction of sp³-hybridized carbons (Fsp3) is 0.667. The first kappa shape index (κ1) is 26.8. The summed E-state index contributed by atoms with van der Waals surface area (Å²) < 4.78 is 15.5. The van der Waals surface area contributed by atoms with E-state index < -0.39 is 24.8 Å². The molecule has 8 nitrogen and oxygen atoms in total. The summed E-state index contributed by atoms with van der Waals surface area (Å²) in [6, 6.07) is 6.24. The molecule has 0 spiro atoms. The highest BCUT2D eigenvalue weighted by Gasteiger charge is 2.41. The van der Waals surface area contributed by atoms with Crippen LogP contribution in [-0.4, -0.2) is 65.5 Å². The van der Waals surface area contributed by atoms with Gasteiger partial charge in [-0.25, -0.2) is 0 Å². The van der Waals surface area contributed by atoms with E-state index in [-0.39, 0.29) is 12.4 Å². The van der Waals surface area contributed by atoms with Crippen LogP contribution < -0.4 is 10.5 Å². The van der Waals surface area contributed by atoms with E-state index in [1.807, 2.05) is 20.8 Å². The summed E-state index contributed by atoms with van der Waals surface area (Å²) in [4.78, 5) is 0. The molecule has 6 N–H and O–H groups in total. The third kappa shape index (κ3) is 12.0. The van der Waals surface area contributed by atoms with Crippen LogP contribution in [0.5, 0.6) is 11.5 Å². The number of hydrogen-bond donors (Lipinski definition) is 5. The Morgan fingerprint density at radius 3 is 1.96 bits per heavy atom. The van der Waals surface area contributed by atoms with Crippen LogP contribution in [0.3, 0.4) is 0 Å². The standard InChI is InChI=1S/C12H16O6.C3H8O.C2H6.CH5N/c1-7(10(6-13)17-12-11(15)18-12)16-9-4-2-8(14)3-5-9;1-2-3-4;2*1-2/h2-5,7,10-15H,6H2,1H3;4H,2-3H2,1H3;1-2H3;2H2,1H3/t7?,10?,11-,12?;;;/m1.../s1. The molecule has 0 saturated carbocycles. The molecular weight excluding hydrogens is 342 g/mol. The molecular formula is C18H35NO7. The van der Waals surface area contributed by atoms with Crippen LogP contribution in [0.4, 0.5) is 0 Å². The molecule has 1 aliphatic rings. The van der Waals surface area contributed by atoms with Gasteiger partial charge in [0.2, 0.25) is 12.6 Å². The number of aromatic hydroxyl groups is 1. The van der Waals surface area contributed by atoms with E-state index in [9.17, 15) is 5.11 Å². The highest BCUT2D eigenvalue weighted by Crippen LogP contribution is 2.24.